The van der Waals surface area contributed by atoms with Gasteiger partial charge in [-0.05, 0) is 38.9 Å². The molecule has 0 fully saturated rings. The fourth-order valence-corrected chi connectivity index (χ4v) is 2.91. The Balaban J connectivity index is 2.91. The first kappa shape index (κ1) is 16.6. The molecule has 0 radical (unpaired) electrons. The summed E-state index contributed by atoms with van der Waals surface area (Å²) in [5.41, 5.74) is 3.42. The Bertz CT molecular complexity index is 604. The van der Waals surface area contributed by atoms with Gasteiger partial charge in [0.15, 0.2) is 0 Å². The van der Waals surface area contributed by atoms with Crippen LogP contribution in [0.2, 0.25) is 0 Å². The highest BCUT2D eigenvalue weighted by atomic mass is 16.3. The zero-order valence-electron chi connectivity index (χ0n) is 12.2. The smallest absolute Gasteiger partial charge is 0.0691 e. The lowest BCUT2D eigenvalue weighted by Crippen LogP contribution is -2.12. The van der Waals surface area contributed by atoms with E-state index in [1.165, 1.54) is 0 Å². The van der Waals surface area contributed by atoms with Crippen molar-refractivity contribution in [1.29, 1.82) is 0 Å². The van der Waals surface area contributed by atoms with E-state index in [0.29, 0.717) is 33.4 Å². The first-order valence-electron chi connectivity index (χ1n) is 7.01. The van der Waals surface area contributed by atoms with Crippen LogP contribution in [0.5, 0.6) is 0 Å². The van der Waals surface area contributed by atoms with Crippen LogP contribution in [0.4, 0.5) is 0 Å². The second kappa shape index (κ2) is 7.49. The maximum absolute atomic E-state index is 9.76. The van der Waals surface area contributed by atoms with E-state index in [1.807, 2.05) is 30.3 Å². The van der Waals surface area contributed by atoms with Gasteiger partial charge in [0.05, 0.1) is 33.0 Å². The molecule has 0 aliphatic carbocycles. The van der Waals surface area contributed by atoms with E-state index < -0.39 is 0 Å². The van der Waals surface area contributed by atoms with E-state index in [1.54, 1.807) is 0 Å². The van der Waals surface area contributed by atoms with Gasteiger partial charge in [-0.15, -0.1) is 0 Å². The molecule has 2 aromatic carbocycles. The Morgan fingerprint density at radius 2 is 0.864 bits per heavy atom. The van der Waals surface area contributed by atoms with Crippen molar-refractivity contribution in [3.63, 3.8) is 0 Å². The molecular weight excluding hydrogens is 284 g/mol. The van der Waals surface area contributed by atoms with Gasteiger partial charge >= 0.3 is 0 Å². The summed E-state index contributed by atoms with van der Waals surface area (Å²) >= 11 is 0. The molecule has 5 nitrogen and oxygen atoms in total. The molecule has 0 atom stereocenters. The lowest BCUT2D eigenvalue weighted by atomic mass is 9.84. The molecule has 5 N–H and O–H groups in total. The number of aliphatic hydroxyl groups excluding tert-OH is 5. The molecule has 0 unspecified atom stereocenters. The lowest BCUT2D eigenvalue weighted by molar-refractivity contribution is 0.233. The second-order valence-corrected chi connectivity index (χ2v) is 4.92. The van der Waals surface area contributed by atoms with Gasteiger partial charge < -0.3 is 25.5 Å². The molecule has 0 aromatic heterocycles. The van der Waals surface area contributed by atoms with Crippen LogP contribution in [-0.2, 0) is 33.0 Å². The van der Waals surface area contributed by atoms with Gasteiger partial charge in [0.1, 0.15) is 0 Å². The minimum Gasteiger partial charge on any atom is -0.392 e. The van der Waals surface area contributed by atoms with E-state index in [9.17, 15) is 25.5 Å². The lowest BCUT2D eigenvalue weighted by Gasteiger charge is -2.23. The Labute approximate surface area is 128 Å². The third-order valence-electron chi connectivity index (χ3n) is 3.91. The van der Waals surface area contributed by atoms with Crippen LogP contribution in [0.15, 0.2) is 30.3 Å². The molecule has 0 saturated heterocycles. The van der Waals surface area contributed by atoms with Gasteiger partial charge in [0.25, 0.3) is 0 Å². The van der Waals surface area contributed by atoms with Gasteiger partial charge in [-0.25, -0.2) is 0 Å². The summed E-state index contributed by atoms with van der Waals surface area (Å²) in [5, 5.41) is 48.4. The van der Waals surface area contributed by atoms with Crippen LogP contribution in [0.3, 0.4) is 0 Å². The summed E-state index contributed by atoms with van der Waals surface area (Å²) in [4.78, 5) is 0. The zero-order valence-corrected chi connectivity index (χ0v) is 12.2. The Morgan fingerprint density at radius 3 is 1.23 bits per heavy atom. The van der Waals surface area contributed by atoms with E-state index in [2.05, 4.69) is 0 Å². The molecule has 0 aliphatic heterocycles. The molecule has 5 heteroatoms. The predicted molar refractivity (Wildman–Crippen MR) is 81.5 cm³/mol. The first-order valence-corrected chi connectivity index (χ1v) is 7.01. The molecule has 22 heavy (non-hydrogen) atoms. The van der Waals surface area contributed by atoms with Crippen LogP contribution in [-0.4, -0.2) is 25.5 Å². The summed E-state index contributed by atoms with van der Waals surface area (Å²) in [6.07, 6.45) is 0. The molecular formula is C17H20O5. The highest BCUT2D eigenvalue weighted by Crippen LogP contribution is 2.36. The molecule has 2 aromatic rings. The third-order valence-corrected chi connectivity index (χ3v) is 3.91. The molecule has 0 bridgehead atoms. The number of hydrogen-bond acceptors (Lipinski definition) is 5. The SMILES string of the molecule is OCc1c(CO)c(CO)c(-c2ccccc2)c(CO)c1CO. The molecule has 0 aliphatic rings. The number of rotatable bonds is 6. The topological polar surface area (TPSA) is 101 Å². The van der Waals surface area contributed by atoms with Crippen molar-refractivity contribution in [3.8, 4) is 11.1 Å². The minimum absolute atomic E-state index is 0.341. The normalized spacial score (nSPS) is 11.0. The highest BCUT2D eigenvalue weighted by Gasteiger charge is 2.22. The van der Waals surface area contributed by atoms with E-state index >= 15 is 0 Å². The van der Waals surface area contributed by atoms with Crippen LogP contribution in [0.1, 0.15) is 27.8 Å². The fourth-order valence-electron chi connectivity index (χ4n) is 2.91. The summed E-state index contributed by atoms with van der Waals surface area (Å²) < 4.78 is 0. The molecule has 118 valence electrons. The zero-order chi connectivity index (χ0) is 16.1. The van der Waals surface area contributed by atoms with Gasteiger partial charge in [-0.1, -0.05) is 30.3 Å². The molecule has 2 rings (SSSR count). The minimum atomic E-state index is -0.388. The maximum atomic E-state index is 9.76. The molecule has 0 saturated carbocycles. The van der Waals surface area contributed by atoms with Gasteiger partial charge in [-0.2, -0.15) is 0 Å². The number of aliphatic hydroxyl groups is 5. The first-order chi connectivity index (χ1) is 10.7. The second-order valence-electron chi connectivity index (χ2n) is 4.92. The Kier molecular flexibility index (Phi) is 5.65. The summed E-state index contributed by atoms with van der Waals surface area (Å²) in [5.74, 6) is 0. The van der Waals surface area contributed by atoms with Crippen molar-refractivity contribution >= 4 is 0 Å². The van der Waals surface area contributed by atoms with E-state index in [0.717, 1.165) is 5.56 Å². The average Bonchev–Trinajstić information content (AvgIpc) is 2.59. The van der Waals surface area contributed by atoms with Crippen molar-refractivity contribution in [1.82, 2.24) is 0 Å². The van der Waals surface area contributed by atoms with E-state index in [4.69, 9.17) is 0 Å². The molecule has 0 heterocycles. The van der Waals surface area contributed by atoms with Crippen molar-refractivity contribution in [2.24, 2.45) is 0 Å². The summed E-state index contributed by atoms with van der Waals surface area (Å²) in [7, 11) is 0. The monoisotopic (exact) mass is 304 g/mol. The maximum Gasteiger partial charge on any atom is 0.0691 e. The summed E-state index contributed by atoms with van der Waals surface area (Å²) in [6, 6.07) is 9.16. The van der Waals surface area contributed by atoms with Crippen LogP contribution < -0.4 is 0 Å². The van der Waals surface area contributed by atoms with Gasteiger partial charge in [0.2, 0.25) is 0 Å². The van der Waals surface area contributed by atoms with Gasteiger partial charge in [-0.3, -0.25) is 0 Å². The fraction of sp³-hybridized carbons (Fsp3) is 0.294. The van der Waals surface area contributed by atoms with Crippen LogP contribution >= 0.6 is 0 Å². The predicted octanol–water partition coefficient (Wildman–Crippen LogP) is 0.815. The van der Waals surface area contributed by atoms with Crippen LogP contribution in [0.25, 0.3) is 11.1 Å². The Hall–Kier alpha value is -1.76. The average molecular weight is 304 g/mol. The number of hydrogen-bond donors (Lipinski definition) is 5. The largest absolute Gasteiger partial charge is 0.392 e. The quantitative estimate of drug-likeness (QED) is 0.544. The van der Waals surface area contributed by atoms with Crippen LogP contribution in [0, 0.1) is 0 Å². The standard InChI is InChI=1S/C17H20O5/c18-6-12-13(7-19)15(9-21)17(11-4-2-1-3-5-11)16(10-22)14(12)8-20/h1-5,18-22H,6-10H2. The highest BCUT2D eigenvalue weighted by molar-refractivity contribution is 5.75. The Morgan fingerprint density at radius 1 is 0.500 bits per heavy atom. The molecule has 0 amide bonds. The van der Waals surface area contributed by atoms with Crippen molar-refractivity contribution in [2.75, 3.05) is 0 Å². The number of benzene rings is 2. The van der Waals surface area contributed by atoms with Gasteiger partial charge in [0, 0.05) is 0 Å². The molecule has 0 spiro atoms. The van der Waals surface area contributed by atoms with Crippen molar-refractivity contribution in [2.45, 2.75) is 33.0 Å². The third kappa shape index (κ3) is 2.77. The van der Waals surface area contributed by atoms with E-state index in [-0.39, 0.29) is 33.0 Å². The van der Waals surface area contributed by atoms with Crippen molar-refractivity contribution < 1.29 is 25.5 Å². The summed E-state index contributed by atoms with van der Waals surface area (Å²) in [6.45, 7) is -1.81. The van der Waals surface area contributed by atoms with Crippen molar-refractivity contribution in [3.05, 3.63) is 58.1 Å².